The van der Waals surface area contributed by atoms with Crippen molar-refractivity contribution in [2.24, 2.45) is 5.92 Å². The van der Waals surface area contributed by atoms with Crippen molar-refractivity contribution in [1.82, 2.24) is 15.1 Å². The summed E-state index contributed by atoms with van der Waals surface area (Å²) in [6.07, 6.45) is 3.74. The lowest BCUT2D eigenvalue weighted by Crippen LogP contribution is -2.50. The molecule has 124 valence electrons. The van der Waals surface area contributed by atoms with Crippen molar-refractivity contribution in [2.75, 3.05) is 32.7 Å². The summed E-state index contributed by atoms with van der Waals surface area (Å²) in [5, 5.41) is 3.54. The standard InChI is InChI=1S/C17H35N3O/c1-6-11-19-12-9-16(10-13-19)14(4)18-15(5)17(21)20(7-2)8-3/h14-16,18H,6-13H2,1-5H3. The summed E-state index contributed by atoms with van der Waals surface area (Å²) in [6.45, 7) is 15.8. The maximum Gasteiger partial charge on any atom is 0.239 e. The lowest BCUT2D eigenvalue weighted by Gasteiger charge is -2.36. The average molecular weight is 297 g/mol. The zero-order valence-corrected chi connectivity index (χ0v) is 14.7. The van der Waals surface area contributed by atoms with Gasteiger partial charge < -0.3 is 15.1 Å². The fourth-order valence-electron chi connectivity index (χ4n) is 3.40. The third-order valence-electron chi connectivity index (χ3n) is 4.84. The minimum atomic E-state index is -0.0754. The lowest BCUT2D eigenvalue weighted by atomic mass is 9.90. The van der Waals surface area contributed by atoms with Crippen LogP contribution in [0.2, 0.25) is 0 Å². The Labute approximate surface area is 131 Å². The van der Waals surface area contributed by atoms with Crippen LogP contribution in [0.3, 0.4) is 0 Å². The van der Waals surface area contributed by atoms with Crippen molar-refractivity contribution < 1.29 is 4.79 Å². The van der Waals surface area contributed by atoms with Crippen molar-refractivity contribution in [2.45, 2.75) is 66.0 Å². The minimum absolute atomic E-state index is 0.0754. The van der Waals surface area contributed by atoms with Crippen LogP contribution in [0.5, 0.6) is 0 Å². The first-order chi connectivity index (χ1) is 10.0. The van der Waals surface area contributed by atoms with Gasteiger partial charge in [-0.2, -0.15) is 0 Å². The minimum Gasteiger partial charge on any atom is -0.342 e. The van der Waals surface area contributed by atoms with Crippen molar-refractivity contribution in [1.29, 1.82) is 0 Å². The van der Waals surface area contributed by atoms with Gasteiger partial charge in [0.2, 0.25) is 5.91 Å². The molecule has 2 atom stereocenters. The molecular formula is C17H35N3O. The van der Waals surface area contributed by atoms with Crippen LogP contribution in [0, 0.1) is 5.92 Å². The van der Waals surface area contributed by atoms with Crippen LogP contribution in [0.1, 0.15) is 53.9 Å². The van der Waals surface area contributed by atoms with E-state index in [9.17, 15) is 4.79 Å². The van der Waals surface area contributed by atoms with Crippen LogP contribution in [-0.2, 0) is 4.79 Å². The summed E-state index contributed by atoms with van der Waals surface area (Å²) < 4.78 is 0. The van der Waals surface area contributed by atoms with Crippen molar-refractivity contribution in [3.8, 4) is 0 Å². The van der Waals surface area contributed by atoms with E-state index in [-0.39, 0.29) is 11.9 Å². The van der Waals surface area contributed by atoms with E-state index in [4.69, 9.17) is 0 Å². The molecule has 0 spiro atoms. The van der Waals surface area contributed by atoms with Crippen LogP contribution in [-0.4, -0.2) is 60.5 Å². The second-order valence-electron chi connectivity index (χ2n) is 6.37. The number of nitrogens with one attached hydrogen (secondary N) is 1. The first kappa shape index (κ1) is 18.4. The van der Waals surface area contributed by atoms with Gasteiger partial charge in [-0.3, -0.25) is 4.79 Å². The zero-order chi connectivity index (χ0) is 15.8. The number of hydrogen-bond acceptors (Lipinski definition) is 3. The molecule has 1 aliphatic heterocycles. The highest BCUT2D eigenvalue weighted by Gasteiger charge is 2.26. The number of likely N-dealkylation sites (tertiary alicyclic amines) is 1. The number of carbonyl (C=O) groups is 1. The molecule has 1 saturated heterocycles. The number of likely N-dealkylation sites (N-methyl/N-ethyl adjacent to an activating group) is 1. The SMILES string of the molecule is CCCN1CCC(C(C)NC(C)C(=O)N(CC)CC)CC1. The number of piperidine rings is 1. The molecule has 1 fully saturated rings. The van der Waals surface area contributed by atoms with Gasteiger partial charge in [0.25, 0.3) is 0 Å². The Morgan fingerprint density at radius 2 is 1.76 bits per heavy atom. The summed E-state index contributed by atoms with van der Waals surface area (Å²) in [5.41, 5.74) is 0. The maximum absolute atomic E-state index is 12.3. The molecule has 21 heavy (non-hydrogen) atoms. The van der Waals surface area contributed by atoms with E-state index in [2.05, 4.69) is 24.1 Å². The Kier molecular flexibility index (Phi) is 8.27. The van der Waals surface area contributed by atoms with Gasteiger partial charge in [0.15, 0.2) is 0 Å². The molecule has 0 saturated carbocycles. The number of hydrogen-bond donors (Lipinski definition) is 1. The molecule has 0 bridgehead atoms. The molecule has 4 heteroatoms. The van der Waals surface area contributed by atoms with E-state index in [1.165, 1.54) is 38.9 Å². The molecule has 1 amide bonds. The molecule has 0 radical (unpaired) electrons. The predicted molar refractivity (Wildman–Crippen MR) is 89.4 cm³/mol. The van der Waals surface area contributed by atoms with Crippen LogP contribution >= 0.6 is 0 Å². The van der Waals surface area contributed by atoms with Crippen LogP contribution in [0.25, 0.3) is 0 Å². The first-order valence-electron chi connectivity index (χ1n) is 8.80. The lowest BCUT2D eigenvalue weighted by molar-refractivity contribution is -0.132. The van der Waals surface area contributed by atoms with Crippen molar-refractivity contribution in [3.05, 3.63) is 0 Å². The topological polar surface area (TPSA) is 35.6 Å². The highest BCUT2D eigenvalue weighted by molar-refractivity contribution is 5.81. The highest BCUT2D eigenvalue weighted by Crippen LogP contribution is 2.21. The summed E-state index contributed by atoms with van der Waals surface area (Å²) in [4.78, 5) is 16.8. The molecule has 1 N–H and O–H groups in total. The second kappa shape index (κ2) is 9.42. The molecule has 2 unspecified atom stereocenters. The molecule has 1 rings (SSSR count). The van der Waals surface area contributed by atoms with E-state index >= 15 is 0 Å². The highest BCUT2D eigenvalue weighted by atomic mass is 16.2. The molecule has 1 heterocycles. The largest absolute Gasteiger partial charge is 0.342 e. The van der Waals surface area contributed by atoms with Gasteiger partial charge in [0.1, 0.15) is 0 Å². The van der Waals surface area contributed by atoms with Gasteiger partial charge in [-0.05, 0) is 72.5 Å². The van der Waals surface area contributed by atoms with Crippen LogP contribution < -0.4 is 5.32 Å². The Balaban J connectivity index is 2.39. The van der Waals surface area contributed by atoms with E-state index in [1.807, 2.05) is 25.7 Å². The van der Waals surface area contributed by atoms with E-state index in [0.29, 0.717) is 12.0 Å². The van der Waals surface area contributed by atoms with Crippen molar-refractivity contribution in [3.63, 3.8) is 0 Å². The monoisotopic (exact) mass is 297 g/mol. The number of rotatable bonds is 8. The molecule has 1 aliphatic rings. The van der Waals surface area contributed by atoms with Gasteiger partial charge in [0, 0.05) is 19.1 Å². The second-order valence-corrected chi connectivity index (χ2v) is 6.37. The predicted octanol–water partition coefficient (Wildman–Crippen LogP) is 2.34. The summed E-state index contributed by atoms with van der Waals surface area (Å²) in [6, 6.07) is 0.344. The van der Waals surface area contributed by atoms with Gasteiger partial charge in [-0.25, -0.2) is 0 Å². The Morgan fingerprint density at radius 1 is 1.19 bits per heavy atom. The number of carbonyl (C=O) groups excluding carboxylic acids is 1. The normalized spacial score (nSPS) is 20.2. The Hall–Kier alpha value is -0.610. The quantitative estimate of drug-likeness (QED) is 0.747. The van der Waals surface area contributed by atoms with Crippen LogP contribution in [0.4, 0.5) is 0 Å². The average Bonchev–Trinajstić information content (AvgIpc) is 2.49. The van der Waals surface area contributed by atoms with E-state index in [1.54, 1.807) is 0 Å². The molecule has 0 aromatic rings. The van der Waals surface area contributed by atoms with Gasteiger partial charge in [-0.1, -0.05) is 6.92 Å². The first-order valence-corrected chi connectivity index (χ1v) is 8.80. The Bertz CT molecular complexity index is 296. The molecular weight excluding hydrogens is 262 g/mol. The fraction of sp³-hybridized carbons (Fsp3) is 0.941. The van der Waals surface area contributed by atoms with Gasteiger partial charge in [-0.15, -0.1) is 0 Å². The Morgan fingerprint density at radius 3 is 2.24 bits per heavy atom. The molecule has 0 aromatic carbocycles. The number of nitrogens with zero attached hydrogens (tertiary/aromatic N) is 2. The number of amides is 1. The van der Waals surface area contributed by atoms with Gasteiger partial charge in [0.05, 0.1) is 6.04 Å². The van der Waals surface area contributed by atoms with Crippen LogP contribution in [0.15, 0.2) is 0 Å². The van der Waals surface area contributed by atoms with E-state index < -0.39 is 0 Å². The summed E-state index contributed by atoms with van der Waals surface area (Å²) in [7, 11) is 0. The molecule has 0 aromatic heterocycles. The summed E-state index contributed by atoms with van der Waals surface area (Å²) >= 11 is 0. The molecule has 4 nitrogen and oxygen atoms in total. The van der Waals surface area contributed by atoms with Gasteiger partial charge >= 0.3 is 0 Å². The smallest absolute Gasteiger partial charge is 0.239 e. The third-order valence-corrected chi connectivity index (χ3v) is 4.84. The fourth-order valence-corrected chi connectivity index (χ4v) is 3.40. The maximum atomic E-state index is 12.3. The third kappa shape index (κ3) is 5.59. The molecule has 0 aliphatic carbocycles. The van der Waals surface area contributed by atoms with Crippen molar-refractivity contribution >= 4 is 5.91 Å². The summed E-state index contributed by atoms with van der Waals surface area (Å²) in [5.74, 6) is 0.931. The zero-order valence-electron chi connectivity index (χ0n) is 14.7. The van der Waals surface area contributed by atoms with E-state index in [0.717, 1.165) is 13.1 Å².